The highest BCUT2D eigenvalue weighted by atomic mass is 32.2. The summed E-state index contributed by atoms with van der Waals surface area (Å²) in [6.45, 7) is 4.53. The molecule has 0 heterocycles. The van der Waals surface area contributed by atoms with Crippen molar-refractivity contribution in [3.63, 3.8) is 0 Å². The third-order valence-electron chi connectivity index (χ3n) is 3.34. The zero-order chi connectivity index (χ0) is 17.4. The molecule has 2 aromatic carbocycles. The van der Waals surface area contributed by atoms with Crippen molar-refractivity contribution in [2.24, 2.45) is 0 Å². The molecule has 0 atom stereocenters. The molecular formula is C19H20N2O2S. The van der Waals surface area contributed by atoms with Gasteiger partial charge >= 0.3 is 0 Å². The van der Waals surface area contributed by atoms with E-state index in [9.17, 15) is 4.79 Å². The maximum Gasteiger partial charge on any atom is 0.225 e. The summed E-state index contributed by atoms with van der Waals surface area (Å²) in [6.07, 6.45) is 0.428. The van der Waals surface area contributed by atoms with Gasteiger partial charge < -0.3 is 10.1 Å². The summed E-state index contributed by atoms with van der Waals surface area (Å²) < 4.78 is 5.49. The van der Waals surface area contributed by atoms with Crippen LogP contribution < -0.4 is 10.1 Å². The Balaban J connectivity index is 1.80. The molecule has 5 heteroatoms. The molecule has 24 heavy (non-hydrogen) atoms. The van der Waals surface area contributed by atoms with Gasteiger partial charge in [-0.25, -0.2) is 0 Å². The Kier molecular flexibility index (Phi) is 6.71. The Bertz CT molecular complexity index is 736. The smallest absolute Gasteiger partial charge is 0.225 e. The average Bonchev–Trinajstić information content (AvgIpc) is 2.58. The van der Waals surface area contributed by atoms with E-state index >= 15 is 0 Å². The van der Waals surface area contributed by atoms with E-state index in [0.29, 0.717) is 24.3 Å². The van der Waals surface area contributed by atoms with Crippen molar-refractivity contribution in [2.45, 2.75) is 25.2 Å². The van der Waals surface area contributed by atoms with Crippen molar-refractivity contribution >= 4 is 23.4 Å². The zero-order valence-electron chi connectivity index (χ0n) is 13.8. The predicted octanol–water partition coefficient (Wildman–Crippen LogP) is 4.39. The highest BCUT2D eigenvalue weighted by Crippen LogP contribution is 2.23. The molecule has 4 nitrogen and oxygen atoms in total. The second-order valence-corrected chi connectivity index (χ2v) is 6.36. The van der Waals surface area contributed by atoms with Crippen LogP contribution in [0.15, 0.2) is 47.4 Å². The maximum atomic E-state index is 12.0. The van der Waals surface area contributed by atoms with Gasteiger partial charge in [-0.1, -0.05) is 0 Å². The van der Waals surface area contributed by atoms with Gasteiger partial charge in [0.15, 0.2) is 0 Å². The summed E-state index contributed by atoms with van der Waals surface area (Å²) in [5.74, 6) is 1.51. The standard InChI is InChI=1S/C19H20N2O2S/c1-3-23-18-9-6-16(12-14(18)2)21-19(22)10-11-24-17-7-4-15(13-20)5-8-17/h4-9,12H,3,10-11H2,1-2H3,(H,21,22). The first-order valence-electron chi connectivity index (χ1n) is 7.78. The Morgan fingerprint density at radius 3 is 2.62 bits per heavy atom. The summed E-state index contributed by atoms with van der Waals surface area (Å²) in [7, 11) is 0. The van der Waals surface area contributed by atoms with Gasteiger partial charge in [0, 0.05) is 22.8 Å². The van der Waals surface area contributed by atoms with Crippen LogP contribution in [0.5, 0.6) is 5.75 Å². The predicted molar refractivity (Wildman–Crippen MR) is 97.5 cm³/mol. The molecule has 2 rings (SSSR count). The number of anilines is 1. The number of carbonyl (C=O) groups is 1. The highest BCUT2D eigenvalue weighted by molar-refractivity contribution is 7.99. The fourth-order valence-corrected chi connectivity index (χ4v) is 3.01. The molecule has 0 bridgehead atoms. The van der Waals surface area contributed by atoms with Crippen molar-refractivity contribution in [1.29, 1.82) is 5.26 Å². The number of nitrogens with zero attached hydrogens (tertiary/aromatic N) is 1. The second-order valence-electron chi connectivity index (χ2n) is 5.20. The summed E-state index contributed by atoms with van der Waals surface area (Å²) in [4.78, 5) is 13.1. The number of carbonyl (C=O) groups excluding carboxylic acids is 1. The van der Waals surface area contributed by atoms with Gasteiger partial charge in [-0.3, -0.25) is 4.79 Å². The Morgan fingerprint density at radius 2 is 2.00 bits per heavy atom. The molecule has 1 amide bonds. The van der Waals surface area contributed by atoms with Crippen molar-refractivity contribution in [2.75, 3.05) is 17.7 Å². The van der Waals surface area contributed by atoms with E-state index in [1.807, 2.05) is 44.2 Å². The van der Waals surface area contributed by atoms with Crippen LogP contribution in [0.3, 0.4) is 0 Å². The lowest BCUT2D eigenvalue weighted by molar-refractivity contribution is -0.115. The van der Waals surface area contributed by atoms with Gasteiger partial charge in [0.1, 0.15) is 5.75 Å². The largest absolute Gasteiger partial charge is 0.494 e. The quantitative estimate of drug-likeness (QED) is 0.760. The molecule has 0 saturated carbocycles. The zero-order valence-corrected chi connectivity index (χ0v) is 14.7. The molecule has 0 aliphatic carbocycles. The maximum absolute atomic E-state index is 12.0. The fraction of sp³-hybridized carbons (Fsp3) is 0.263. The Hall–Kier alpha value is -2.45. The van der Waals surface area contributed by atoms with E-state index in [0.717, 1.165) is 21.9 Å². The molecule has 0 spiro atoms. The molecule has 0 aliphatic rings. The molecule has 0 saturated heterocycles. The molecule has 0 aliphatic heterocycles. The number of aryl methyl sites for hydroxylation is 1. The van der Waals surface area contributed by atoms with Gasteiger partial charge in [0.25, 0.3) is 0 Å². The molecule has 0 aromatic heterocycles. The molecule has 2 aromatic rings. The number of hydrogen-bond donors (Lipinski definition) is 1. The monoisotopic (exact) mass is 340 g/mol. The van der Waals surface area contributed by atoms with Gasteiger partial charge in [-0.05, 0) is 61.9 Å². The average molecular weight is 340 g/mol. The van der Waals surface area contributed by atoms with E-state index in [2.05, 4.69) is 11.4 Å². The third kappa shape index (κ3) is 5.32. The number of thioether (sulfide) groups is 1. The molecule has 1 N–H and O–H groups in total. The second kappa shape index (κ2) is 8.99. The van der Waals surface area contributed by atoms with E-state index in [-0.39, 0.29) is 5.91 Å². The molecule has 0 unspecified atom stereocenters. The number of nitriles is 1. The lowest BCUT2D eigenvalue weighted by atomic mass is 10.2. The summed E-state index contributed by atoms with van der Waals surface area (Å²) in [5, 5.41) is 11.7. The van der Waals surface area contributed by atoms with E-state index in [1.54, 1.807) is 23.9 Å². The van der Waals surface area contributed by atoms with Crippen LogP contribution in [0.25, 0.3) is 0 Å². The normalized spacial score (nSPS) is 10.0. The van der Waals surface area contributed by atoms with E-state index < -0.39 is 0 Å². The minimum atomic E-state index is -0.0142. The van der Waals surface area contributed by atoms with Crippen LogP contribution in [0.4, 0.5) is 5.69 Å². The summed E-state index contributed by atoms with van der Waals surface area (Å²) in [5.41, 5.74) is 2.42. The molecule has 0 fully saturated rings. The van der Waals surface area contributed by atoms with Crippen LogP contribution >= 0.6 is 11.8 Å². The molecular weight excluding hydrogens is 320 g/mol. The lowest BCUT2D eigenvalue weighted by Crippen LogP contribution is -2.12. The number of benzene rings is 2. The van der Waals surface area contributed by atoms with E-state index in [4.69, 9.17) is 10.00 Å². The number of ether oxygens (including phenoxy) is 1. The van der Waals surface area contributed by atoms with Crippen LogP contribution in [0.2, 0.25) is 0 Å². The minimum absolute atomic E-state index is 0.0142. The molecule has 124 valence electrons. The third-order valence-corrected chi connectivity index (χ3v) is 4.35. The fourth-order valence-electron chi connectivity index (χ4n) is 2.16. The number of hydrogen-bond acceptors (Lipinski definition) is 4. The highest BCUT2D eigenvalue weighted by Gasteiger charge is 2.06. The number of nitrogens with one attached hydrogen (secondary N) is 1. The summed E-state index contributed by atoms with van der Waals surface area (Å²) in [6, 6.07) is 15.1. The summed E-state index contributed by atoms with van der Waals surface area (Å²) >= 11 is 1.60. The Morgan fingerprint density at radius 1 is 1.25 bits per heavy atom. The number of amides is 1. The van der Waals surface area contributed by atoms with Crippen molar-refractivity contribution < 1.29 is 9.53 Å². The van der Waals surface area contributed by atoms with Gasteiger partial charge in [-0.15, -0.1) is 11.8 Å². The van der Waals surface area contributed by atoms with Crippen molar-refractivity contribution in [1.82, 2.24) is 0 Å². The van der Waals surface area contributed by atoms with Crippen LogP contribution in [0, 0.1) is 18.3 Å². The molecule has 0 radical (unpaired) electrons. The van der Waals surface area contributed by atoms with Crippen molar-refractivity contribution in [3.05, 3.63) is 53.6 Å². The minimum Gasteiger partial charge on any atom is -0.494 e. The lowest BCUT2D eigenvalue weighted by Gasteiger charge is -2.10. The Labute approximate surface area is 146 Å². The van der Waals surface area contributed by atoms with Crippen LogP contribution in [-0.2, 0) is 4.79 Å². The van der Waals surface area contributed by atoms with Gasteiger partial charge in [0.05, 0.1) is 18.2 Å². The van der Waals surface area contributed by atoms with Gasteiger partial charge in [-0.2, -0.15) is 5.26 Å². The van der Waals surface area contributed by atoms with Crippen LogP contribution in [0.1, 0.15) is 24.5 Å². The first-order chi connectivity index (χ1) is 11.6. The van der Waals surface area contributed by atoms with Gasteiger partial charge in [0.2, 0.25) is 5.91 Å². The van der Waals surface area contributed by atoms with Crippen molar-refractivity contribution in [3.8, 4) is 11.8 Å². The number of rotatable bonds is 7. The SMILES string of the molecule is CCOc1ccc(NC(=O)CCSc2ccc(C#N)cc2)cc1C. The topological polar surface area (TPSA) is 62.1 Å². The van der Waals surface area contributed by atoms with E-state index in [1.165, 1.54) is 0 Å². The van der Waals surface area contributed by atoms with Crippen LogP contribution in [-0.4, -0.2) is 18.3 Å². The first-order valence-corrected chi connectivity index (χ1v) is 8.77. The first kappa shape index (κ1) is 17.9.